The Balaban J connectivity index is 1.53. The molecule has 2 aromatic rings. The number of anilines is 2. The Bertz CT molecular complexity index is 752. The number of ether oxygens (including phenoxy) is 1. The summed E-state index contributed by atoms with van der Waals surface area (Å²) in [6, 6.07) is 9.26. The van der Waals surface area contributed by atoms with E-state index in [1.165, 1.54) is 0 Å². The van der Waals surface area contributed by atoms with Gasteiger partial charge in [0.05, 0.1) is 12.8 Å². The molecule has 1 aromatic heterocycles. The Labute approximate surface area is 153 Å². The SMILES string of the molecule is COc1ccccc1NC(=O)NC1CCN(c2nc(C)cc(C)n2)CC1. The van der Waals surface area contributed by atoms with Crippen LogP contribution in [-0.2, 0) is 0 Å². The molecule has 138 valence electrons. The van der Waals surface area contributed by atoms with Crippen molar-refractivity contribution in [2.24, 2.45) is 0 Å². The first-order valence-corrected chi connectivity index (χ1v) is 8.83. The molecule has 3 rings (SSSR count). The van der Waals surface area contributed by atoms with E-state index in [2.05, 4.69) is 25.5 Å². The maximum atomic E-state index is 12.3. The normalized spacial score (nSPS) is 14.8. The highest BCUT2D eigenvalue weighted by atomic mass is 16.5. The summed E-state index contributed by atoms with van der Waals surface area (Å²) in [6.07, 6.45) is 1.71. The summed E-state index contributed by atoms with van der Waals surface area (Å²) in [6.45, 7) is 5.61. The Morgan fingerprint density at radius 3 is 2.46 bits per heavy atom. The maximum Gasteiger partial charge on any atom is 0.319 e. The number of carbonyl (C=O) groups excluding carboxylic acids is 1. The van der Waals surface area contributed by atoms with Crippen molar-refractivity contribution in [2.45, 2.75) is 32.7 Å². The predicted octanol–water partition coefficient (Wildman–Crippen LogP) is 2.89. The number of hydrogen-bond donors (Lipinski definition) is 2. The molecule has 0 atom stereocenters. The monoisotopic (exact) mass is 355 g/mol. The molecule has 7 nitrogen and oxygen atoms in total. The van der Waals surface area contributed by atoms with Crippen LogP contribution in [0.5, 0.6) is 5.75 Å². The smallest absolute Gasteiger partial charge is 0.319 e. The van der Waals surface area contributed by atoms with Gasteiger partial charge in [0, 0.05) is 30.5 Å². The van der Waals surface area contributed by atoms with Crippen LogP contribution in [-0.4, -0.2) is 42.2 Å². The highest BCUT2D eigenvalue weighted by Crippen LogP contribution is 2.23. The van der Waals surface area contributed by atoms with E-state index in [0.717, 1.165) is 43.3 Å². The number of methoxy groups -OCH3 is 1. The Kier molecular flexibility index (Phi) is 5.55. The van der Waals surface area contributed by atoms with Crippen LogP contribution in [0.3, 0.4) is 0 Å². The van der Waals surface area contributed by atoms with Gasteiger partial charge in [-0.3, -0.25) is 0 Å². The topological polar surface area (TPSA) is 79.4 Å². The lowest BCUT2D eigenvalue weighted by molar-refractivity contribution is 0.245. The average molecular weight is 355 g/mol. The van der Waals surface area contributed by atoms with E-state index in [9.17, 15) is 4.79 Å². The van der Waals surface area contributed by atoms with Gasteiger partial charge >= 0.3 is 6.03 Å². The Hall–Kier alpha value is -2.83. The summed E-state index contributed by atoms with van der Waals surface area (Å²) in [4.78, 5) is 23.5. The molecule has 0 bridgehead atoms. The number of hydrogen-bond acceptors (Lipinski definition) is 5. The molecule has 0 radical (unpaired) electrons. The third-order valence-corrected chi connectivity index (χ3v) is 4.44. The highest BCUT2D eigenvalue weighted by molar-refractivity contribution is 5.91. The zero-order chi connectivity index (χ0) is 18.5. The number of benzene rings is 1. The molecule has 2 amide bonds. The van der Waals surface area contributed by atoms with E-state index in [4.69, 9.17) is 4.74 Å². The number of nitrogens with zero attached hydrogens (tertiary/aromatic N) is 3. The lowest BCUT2D eigenvalue weighted by Gasteiger charge is -2.32. The molecule has 1 aliphatic rings. The number of rotatable bonds is 4. The molecular formula is C19H25N5O2. The van der Waals surface area contributed by atoms with E-state index in [1.54, 1.807) is 7.11 Å². The maximum absolute atomic E-state index is 12.3. The first kappa shape index (κ1) is 18.0. The first-order chi connectivity index (χ1) is 12.5. The molecule has 1 saturated heterocycles. The molecule has 7 heteroatoms. The van der Waals surface area contributed by atoms with Crippen molar-refractivity contribution < 1.29 is 9.53 Å². The second kappa shape index (κ2) is 8.03. The lowest BCUT2D eigenvalue weighted by atomic mass is 10.1. The van der Waals surface area contributed by atoms with Gasteiger partial charge in [0.25, 0.3) is 0 Å². The zero-order valence-electron chi connectivity index (χ0n) is 15.5. The number of nitrogens with one attached hydrogen (secondary N) is 2. The van der Waals surface area contributed by atoms with Crippen LogP contribution in [0, 0.1) is 13.8 Å². The van der Waals surface area contributed by atoms with Crippen molar-refractivity contribution in [1.29, 1.82) is 0 Å². The molecule has 0 spiro atoms. The first-order valence-electron chi connectivity index (χ1n) is 8.83. The van der Waals surface area contributed by atoms with Crippen molar-refractivity contribution >= 4 is 17.7 Å². The van der Waals surface area contributed by atoms with Gasteiger partial charge in [-0.25, -0.2) is 14.8 Å². The molecule has 1 aromatic carbocycles. The minimum Gasteiger partial charge on any atom is -0.495 e. The highest BCUT2D eigenvalue weighted by Gasteiger charge is 2.22. The molecule has 0 aliphatic carbocycles. The quantitative estimate of drug-likeness (QED) is 0.882. The Morgan fingerprint density at radius 1 is 1.15 bits per heavy atom. The third-order valence-electron chi connectivity index (χ3n) is 4.44. The summed E-state index contributed by atoms with van der Waals surface area (Å²) in [5, 5.41) is 5.89. The van der Waals surface area contributed by atoms with Crippen molar-refractivity contribution in [3.63, 3.8) is 0 Å². The number of urea groups is 1. The van der Waals surface area contributed by atoms with Gasteiger partial charge in [-0.15, -0.1) is 0 Å². The van der Waals surface area contributed by atoms with Crippen LogP contribution < -0.4 is 20.3 Å². The molecule has 0 saturated carbocycles. The molecule has 2 N–H and O–H groups in total. The van der Waals surface area contributed by atoms with Crippen LogP contribution in [0.2, 0.25) is 0 Å². The van der Waals surface area contributed by atoms with Gasteiger partial charge in [-0.2, -0.15) is 0 Å². The van der Waals surface area contributed by atoms with Crippen LogP contribution >= 0.6 is 0 Å². The molecule has 26 heavy (non-hydrogen) atoms. The van der Waals surface area contributed by atoms with Crippen LogP contribution in [0.1, 0.15) is 24.2 Å². The van der Waals surface area contributed by atoms with E-state index < -0.39 is 0 Å². The number of aromatic nitrogens is 2. The fourth-order valence-electron chi connectivity index (χ4n) is 3.16. The van der Waals surface area contributed by atoms with Crippen molar-refractivity contribution in [3.8, 4) is 5.75 Å². The number of para-hydroxylation sites is 2. The van der Waals surface area contributed by atoms with Gasteiger partial charge in [0.15, 0.2) is 0 Å². The summed E-state index contributed by atoms with van der Waals surface area (Å²) < 4.78 is 5.26. The fraction of sp³-hybridized carbons (Fsp3) is 0.421. The number of amides is 2. The number of piperidine rings is 1. The number of aryl methyl sites for hydroxylation is 2. The molecule has 1 aliphatic heterocycles. The van der Waals surface area contributed by atoms with E-state index >= 15 is 0 Å². The van der Waals surface area contributed by atoms with E-state index in [-0.39, 0.29) is 12.1 Å². The number of carbonyl (C=O) groups is 1. The summed E-state index contributed by atoms with van der Waals surface area (Å²) in [5.74, 6) is 1.42. The minimum atomic E-state index is -0.212. The van der Waals surface area contributed by atoms with Crippen LogP contribution in [0.15, 0.2) is 30.3 Å². The third kappa shape index (κ3) is 4.41. The van der Waals surface area contributed by atoms with Gasteiger partial charge < -0.3 is 20.3 Å². The molecule has 0 unspecified atom stereocenters. The second-order valence-electron chi connectivity index (χ2n) is 6.51. The van der Waals surface area contributed by atoms with Gasteiger partial charge in [-0.1, -0.05) is 12.1 Å². The van der Waals surface area contributed by atoms with Gasteiger partial charge in [0.1, 0.15) is 5.75 Å². The van der Waals surface area contributed by atoms with Crippen molar-refractivity contribution in [1.82, 2.24) is 15.3 Å². The molecular weight excluding hydrogens is 330 g/mol. The molecule has 1 fully saturated rings. The van der Waals surface area contributed by atoms with Crippen LogP contribution in [0.25, 0.3) is 0 Å². The fourth-order valence-corrected chi connectivity index (χ4v) is 3.16. The Morgan fingerprint density at radius 2 is 1.81 bits per heavy atom. The predicted molar refractivity (Wildman–Crippen MR) is 102 cm³/mol. The van der Waals surface area contributed by atoms with Crippen molar-refractivity contribution in [3.05, 3.63) is 41.7 Å². The minimum absolute atomic E-state index is 0.131. The summed E-state index contributed by atoms with van der Waals surface area (Å²) in [7, 11) is 1.59. The van der Waals surface area contributed by atoms with Crippen molar-refractivity contribution in [2.75, 3.05) is 30.4 Å². The second-order valence-corrected chi connectivity index (χ2v) is 6.51. The van der Waals surface area contributed by atoms with Crippen LogP contribution in [0.4, 0.5) is 16.4 Å². The summed E-state index contributed by atoms with van der Waals surface area (Å²) >= 11 is 0. The van der Waals surface area contributed by atoms with Gasteiger partial charge in [0.2, 0.25) is 5.95 Å². The van der Waals surface area contributed by atoms with E-state index in [0.29, 0.717) is 11.4 Å². The van der Waals surface area contributed by atoms with E-state index in [1.807, 2.05) is 44.2 Å². The van der Waals surface area contributed by atoms with Gasteiger partial charge in [-0.05, 0) is 44.9 Å². The zero-order valence-corrected chi connectivity index (χ0v) is 15.5. The molecule has 2 heterocycles. The lowest BCUT2D eigenvalue weighted by Crippen LogP contribution is -2.46. The standard InChI is InChI=1S/C19H25N5O2/c1-13-12-14(2)21-18(20-13)24-10-8-15(9-11-24)22-19(25)23-16-6-4-5-7-17(16)26-3/h4-7,12,15H,8-11H2,1-3H3,(H2,22,23,25). The average Bonchev–Trinajstić information content (AvgIpc) is 2.62. The largest absolute Gasteiger partial charge is 0.495 e. The summed E-state index contributed by atoms with van der Waals surface area (Å²) in [5.41, 5.74) is 2.61.